The van der Waals surface area contributed by atoms with Crippen LogP contribution in [0.4, 0.5) is 10.1 Å². The van der Waals surface area contributed by atoms with E-state index in [9.17, 15) is 14.3 Å². The summed E-state index contributed by atoms with van der Waals surface area (Å²) in [5, 5.41) is 9.18. The van der Waals surface area contributed by atoms with Crippen LogP contribution in [-0.2, 0) is 0 Å². The molecule has 1 aromatic carbocycles. The number of aromatic carboxylic acids is 1. The van der Waals surface area contributed by atoms with Crippen molar-refractivity contribution in [2.45, 2.75) is 32.7 Å². The normalized spacial score (nSPS) is 24.1. The van der Waals surface area contributed by atoms with Gasteiger partial charge in [-0.2, -0.15) is 0 Å². The van der Waals surface area contributed by atoms with E-state index in [4.69, 9.17) is 0 Å². The van der Waals surface area contributed by atoms with Gasteiger partial charge < -0.3 is 10.0 Å². The van der Waals surface area contributed by atoms with E-state index in [1.54, 1.807) is 0 Å². The predicted molar refractivity (Wildman–Crippen MR) is 68.6 cm³/mol. The number of piperidine rings is 1. The van der Waals surface area contributed by atoms with Gasteiger partial charge in [0, 0.05) is 12.6 Å². The van der Waals surface area contributed by atoms with Crippen molar-refractivity contribution >= 4 is 11.7 Å². The fourth-order valence-corrected chi connectivity index (χ4v) is 2.58. The second kappa shape index (κ2) is 4.96. The first-order valence-electron chi connectivity index (χ1n) is 6.29. The summed E-state index contributed by atoms with van der Waals surface area (Å²) in [5.41, 5.74) is 0.292. The molecule has 0 saturated carbocycles. The number of nitrogens with zero attached hydrogens (tertiary/aromatic N) is 1. The van der Waals surface area contributed by atoms with Gasteiger partial charge in [-0.15, -0.1) is 0 Å². The van der Waals surface area contributed by atoms with E-state index in [1.165, 1.54) is 18.2 Å². The number of carbonyl (C=O) groups is 1. The molecule has 1 saturated heterocycles. The molecule has 2 atom stereocenters. The Morgan fingerprint density at radius 2 is 2.11 bits per heavy atom. The smallest absolute Gasteiger partial charge is 0.337 e. The third-order valence-electron chi connectivity index (χ3n) is 3.62. The highest BCUT2D eigenvalue weighted by molar-refractivity contribution is 5.94. The van der Waals surface area contributed by atoms with Gasteiger partial charge in [0.1, 0.15) is 5.82 Å². The lowest BCUT2D eigenvalue weighted by atomic mass is 9.93. The minimum absolute atomic E-state index is 0.0518. The number of hydrogen-bond acceptors (Lipinski definition) is 2. The van der Waals surface area contributed by atoms with Gasteiger partial charge in [0.2, 0.25) is 0 Å². The number of benzene rings is 1. The number of halogens is 1. The maximum Gasteiger partial charge on any atom is 0.337 e. The van der Waals surface area contributed by atoms with Crippen LogP contribution in [0.3, 0.4) is 0 Å². The number of para-hydroxylation sites is 1. The Balaban J connectivity index is 2.45. The van der Waals surface area contributed by atoms with Crippen molar-refractivity contribution in [3.63, 3.8) is 0 Å². The molecule has 1 N–H and O–H groups in total. The fraction of sp³-hybridized carbons (Fsp3) is 0.500. The Kier molecular flexibility index (Phi) is 3.55. The van der Waals surface area contributed by atoms with E-state index in [1.807, 2.05) is 11.8 Å². The van der Waals surface area contributed by atoms with Gasteiger partial charge in [-0.1, -0.05) is 13.0 Å². The molecule has 0 radical (unpaired) electrons. The Hall–Kier alpha value is -1.58. The number of hydrogen-bond donors (Lipinski definition) is 1. The first-order chi connectivity index (χ1) is 8.50. The average Bonchev–Trinajstić information content (AvgIpc) is 2.32. The zero-order valence-electron chi connectivity index (χ0n) is 10.7. The van der Waals surface area contributed by atoms with E-state index in [0.717, 1.165) is 12.8 Å². The van der Waals surface area contributed by atoms with Crippen LogP contribution in [0.15, 0.2) is 18.2 Å². The van der Waals surface area contributed by atoms with Crippen LogP contribution in [0.25, 0.3) is 0 Å². The highest BCUT2D eigenvalue weighted by Gasteiger charge is 2.28. The lowest BCUT2D eigenvalue weighted by Gasteiger charge is -2.39. The maximum atomic E-state index is 14.0. The predicted octanol–water partition coefficient (Wildman–Crippen LogP) is 3.15. The molecule has 0 amide bonds. The topological polar surface area (TPSA) is 40.5 Å². The fourth-order valence-electron chi connectivity index (χ4n) is 2.58. The molecule has 4 heteroatoms. The minimum atomic E-state index is -1.07. The molecule has 0 spiro atoms. The second-order valence-corrected chi connectivity index (χ2v) is 5.13. The molecule has 3 nitrogen and oxygen atoms in total. The van der Waals surface area contributed by atoms with Crippen LogP contribution in [0, 0.1) is 11.7 Å². The molecule has 18 heavy (non-hydrogen) atoms. The molecule has 2 rings (SSSR count). The van der Waals surface area contributed by atoms with Gasteiger partial charge in [-0.05, 0) is 37.8 Å². The van der Waals surface area contributed by atoms with Crippen LogP contribution >= 0.6 is 0 Å². The molecule has 1 aliphatic rings. The maximum absolute atomic E-state index is 14.0. The molecule has 0 aliphatic carbocycles. The Bertz CT molecular complexity index is 461. The largest absolute Gasteiger partial charge is 0.478 e. The highest BCUT2D eigenvalue weighted by Crippen LogP contribution is 2.32. The van der Waals surface area contributed by atoms with Gasteiger partial charge >= 0.3 is 5.97 Å². The average molecular weight is 251 g/mol. The molecule has 0 aromatic heterocycles. The van der Waals surface area contributed by atoms with Crippen LogP contribution < -0.4 is 4.90 Å². The van der Waals surface area contributed by atoms with Gasteiger partial charge in [0.25, 0.3) is 0 Å². The first-order valence-corrected chi connectivity index (χ1v) is 6.29. The van der Waals surface area contributed by atoms with E-state index in [0.29, 0.717) is 12.5 Å². The summed E-state index contributed by atoms with van der Waals surface area (Å²) >= 11 is 0. The monoisotopic (exact) mass is 251 g/mol. The second-order valence-electron chi connectivity index (χ2n) is 5.13. The Morgan fingerprint density at radius 1 is 1.39 bits per heavy atom. The van der Waals surface area contributed by atoms with E-state index >= 15 is 0 Å². The standard InChI is InChI=1S/C14H18FNO2/c1-9-6-7-10(2)16(8-9)13-11(14(17)18)4-3-5-12(13)15/h3-5,9-10H,6-8H2,1-2H3,(H,17,18). The van der Waals surface area contributed by atoms with Gasteiger partial charge in [-0.3, -0.25) is 0 Å². The molecule has 1 aromatic rings. The molecule has 1 aliphatic heterocycles. The molecule has 0 bridgehead atoms. The minimum Gasteiger partial charge on any atom is -0.478 e. The van der Waals surface area contributed by atoms with Crippen molar-refractivity contribution < 1.29 is 14.3 Å². The summed E-state index contributed by atoms with van der Waals surface area (Å²) in [6.07, 6.45) is 2.07. The molecule has 1 fully saturated rings. The third-order valence-corrected chi connectivity index (χ3v) is 3.62. The van der Waals surface area contributed by atoms with E-state index in [-0.39, 0.29) is 17.3 Å². The first kappa shape index (κ1) is 12.9. The zero-order chi connectivity index (χ0) is 13.3. The molecular formula is C14H18FNO2. The number of anilines is 1. The van der Waals surface area contributed by atoms with Crippen LogP contribution in [0.2, 0.25) is 0 Å². The van der Waals surface area contributed by atoms with Gasteiger partial charge in [0.15, 0.2) is 0 Å². The highest BCUT2D eigenvalue weighted by atomic mass is 19.1. The van der Waals surface area contributed by atoms with E-state index < -0.39 is 11.8 Å². The summed E-state index contributed by atoms with van der Waals surface area (Å²) in [7, 11) is 0. The van der Waals surface area contributed by atoms with Crippen molar-refractivity contribution in [3.8, 4) is 0 Å². The molecule has 2 unspecified atom stereocenters. The van der Waals surface area contributed by atoms with Crippen molar-refractivity contribution in [1.29, 1.82) is 0 Å². The van der Waals surface area contributed by atoms with Gasteiger partial charge in [-0.25, -0.2) is 9.18 Å². The van der Waals surface area contributed by atoms with Crippen molar-refractivity contribution in [3.05, 3.63) is 29.6 Å². The number of rotatable bonds is 2. The van der Waals surface area contributed by atoms with Crippen molar-refractivity contribution in [1.82, 2.24) is 0 Å². The lowest BCUT2D eigenvalue weighted by molar-refractivity contribution is 0.0696. The summed E-state index contributed by atoms with van der Waals surface area (Å²) in [4.78, 5) is 13.1. The number of carboxylic acid groups (broad SMARTS) is 1. The van der Waals surface area contributed by atoms with Gasteiger partial charge in [0.05, 0.1) is 11.3 Å². The van der Waals surface area contributed by atoms with Crippen molar-refractivity contribution in [2.24, 2.45) is 5.92 Å². The van der Waals surface area contributed by atoms with Crippen LogP contribution in [0.5, 0.6) is 0 Å². The quantitative estimate of drug-likeness (QED) is 0.877. The third kappa shape index (κ3) is 2.33. The molecule has 1 heterocycles. The summed E-state index contributed by atoms with van der Waals surface area (Å²) in [6, 6.07) is 4.41. The van der Waals surface area contributed by atoms with Crippen LogP contribution in [-0.4, -0.2) is 23.7 Å². The van der Waals surface area contributed by atoms with Crippen LogP contribution in [0.1, 0.15) is 37.0 Å². The SMILES string of the molecule is CC1CCC(C)N(c2c(F)cccc2C(=O)O)C1. The molecule has 98 valence electrons. The lowest BCUT2D eigenvalue weighted by Crippen LogP contribution is -2.42. The molecular weight excluding hydrogens is 233 g/mol. The Morgan fingerprint density at radius 3 is 2.78 bits per heavy atom. The van der Waals surface area contributed by atoms with E-state index in [2.05, 4.69) is 6.92 Å². The summed E-state index contributed by atoms with van der Waals surface area (Å²) < 4.78 is 14.0. The Labute approximate surface area is 106 Å². The summed E-state index contributed by atoms with van der Waals surface area (Å²) in [6.45, 7) is 4.84. The summed E-state index contributed by atoms with van der Waals surface area (Å²) in [5.74, 6) is -1.06. The zero-order valence-corrected chi connectivity index (χ0v) is 10.7. The number of carboxylic acids is 1. The van der Waals surface area contributed by atoms with Crippen molar-refractivity contribution in [2.75, 3.05) is 11.4 Å².